The predicted octanol–water partition coefficient (Wildman–Crippen LogP) is 13.4. The van der Waals surface area contributed by atoms with Crippen LogP contribution in [0.2, 0.25) is 0 Å². The molecule has 0 spiro atoms. The van der Waals surface area contributed by atoms with E-state index in [1.807, 2.05) is 24.3 Å². The van der Waals surface area contributed by atoms with Gasteiger partial charge < -0.3 is 14.0 Å². The van der Waals surface area contributed by atoms with Crippen molar-refractivity contribution >= 4 is 66.4 Å². The van der Waals surface area contributed by atoms with Crippen molar-refractivity contribution in [3.63, 3.8) is 0 Å². The Labute approximate surface area is 318 Å². The van der Waals surface area contributed by atoms with Crippen molar-refractivity contribution in [3.8, 4) is 28.6 Å². The summed E-state index contributed by atoms with van der Waals surface area (Å²) < 4.78 is 4.56. The Bertz CT molecular complexity index is 3120. The molecular weight excluding hydrogens is 671 g/mol. The van der Waals surface area contributed by atoms with E-state index in [-0.39, 0.29) is 0 Å². The van der Waals surface area contributed by atoms with Crippen LogP contribution in [0.15, 0.2) is 188 Å². The Morgan fingerprint density at radius 1 is 0.436 bits per heavy atom. The molecular formula is C50H31N5. The number of nitrogens with zero attached hydrogens (tertiary/aromatic N) is 5. The van der Waals surface area contributed by atoms with Crippen molar-refractivity contribution in [3.05, 3.63) is 205 Å². The summed E-state index contributed by atoms with van der Waals surface area (Å²) >= 11 is 0. The van der Waals surface area contributed by atoms with Crippen molar-refractivity contribution in [2.75, 3.05) is 4.90 Å². The molecule has 0 fully saturated rings. The molecule has 0 amide bonds. The van der Waals surface area contributed by atoms with Crippen molar-refractivity contribution in [1.82, 2.24) is 9.13 Å². The summed E-state index contributed by atoms with van der Waals surface area (Å²) in [7, 11) is 0. The van der Waals surface area contributed by atoms with Gasteiger partial charge in [-0.25, -0.2) is 4.85 Å². The number of hydrogen-bond acceptors (Lipinski definition) is 2. The van der Waals surface area contributed by atoms with E-state index in [2.05, 4.69) is 183 Å². The van der Waals surface area contributed by atoms with Crippen LogP contribution in [0.1, 0.15) is 5.56 Å². The number of fused-ring (bicyclic) bond motifs is 6. The molecule has 0 unspecified atom stereocenters. The van der Waals surface area contributed by atoms with Gasteiger partial charge in [-0.3, -0.25) is 0 Å². The van der Waals surface area contributed by atoms with Crippen LogP contribution in [-0.4, -0.2) is 9.13 Å². The summed E-state index contributed by atoms with van der Waals surface area (Å²) in [6.45, 7) is 7.82. The monoisotopic (exact) mass is 701 g/mol. The first kappa shape index (κ1) is 31.8. The second kappa shape index (κ2) is 13.0. The zero-order valence-corrected chi connectivity index (χ0v) is 29.6. The van der Waals surface area contributed by atoms with E-state index in [9.17, 15) is 5.26 Å². The van der Waals surface area contributed by atoms with Gasteiger partial charge >= 0.3 is 0 Å². The van der Waals surface area contributed by atoms with Crippen molar-refractivity contribution in [1.29, 1.82) is 5.26 Å². The van der Waals surface area contributed by atoms with Crippen LogP contribution in [0.25, 0.3) is 71.0 Å². The van der Waals surface area contributed by atoms with Gasteiger partial charge in [0.05, 0.1) is 40.3 Å². The molecule has 0 aliphatic rings. The summed E-state index contributed by atoms with van der Waals surface area (Å²) in [6.07, 6.45) is 0. The third-order valence-corrected chi connectivity index (χ3v) is 10.5. The second-order valence-corrected chi connectivity index (χ2v) is 13.6. The normalized spacial score (nSPS) is 11.2. The number of hydrogen-bond donors (Lipinski definition) is 0. The van der Waals surface area contributed by atoms with E-state index < -0.39 is 0 Å². The highest BCUT2D eigenvalue weighted by Crippen LogP contribution is 2.42. The quantitative estimate of drug-likeness (QED) is 0.162. The molecule has 2 heterocycles. The summed E-state index contributed by atoms with van der Waals surface area (Å²) in [4.78, 5) is 5.98. The summed E-state index contributed by atoms with van der Waals surface area (Å²) in [5, 5.41) is 14.3. The van der Waals surface area contributed by atoms with Crippen LogP contribution in [-0.2, 0) is 0 Å². The minimum atomic E-state index is 0.338. The molecule has 0 atom stereocenters. The van der Waals surface area contributed by atoms with Gasteiger partial charge in [-0.2, -0.15) is 5.26 Å². The average molecular weight is 702 g/mol. The van der Waals surface area contributed by atoms with Crippen LogP contribution in [0.5, 0.6) is 0 Å². The highest BCUT2D eigenvalue weighted by atomic mass is 15.1. The number of rotatable bonds is 6. The largest absolute Gasteiger partial charge is 0.311 e. The zero-order chi connectivity index (χ0) is 36.9. The highest BCUT2D eigenvalue weighted by molar-refractivity contribution is 6.13. The zero-order valence-electron chi connectivity index (χ0n) is 29.6. The maximum Gasteiger partial charge on any atom is 0.206 e. The van der Waals surface area contributed by atoms with Gasteiger partial charge in [0.25, 0.3) is 0 Å². The summed E-state index contributed by atoms with van der Waals surface area (Å²) in [6, 6.07) is 67.7. The standard InChI is InChI=1S/C50H31N5/c1-52-46-32-41(24-21-36(46)33-51)55-48-27-23-34(35-22-26-43-42-19-11-12-20-47(42)54(50(43)30-35)39-17-9-4-10-18-39)29-44(48)45-31-40(25-28-49(45)55)53(37-13-5-2-6-14-37)38-15-7-3-8-16-38/h2-32H. The topological polar surface area (TPSA) is 41.2 Å². The van der Waals surface area contributed by atoms with Gasteiger partial charge in [0, 0.05) is 50.0 Å². The third kappa shape index (κ3) is 5.23. The third-order valence-electron chi connectivity index (χ3n) is 10.5. The van der Waals surface area contributed by atoms with Gasteiger partial charge in [0.1, 0.15) is 0 Å². The lowest BCUT2D eigenvalue weighted by Crippen LogP contribution is -2.09. The van der Waals surface area contributed by atoms with Crippen molar-refractivity contribution in [2.45, 2.75) is 0 Å². The molecule has 0 saturated carbocycles. The van der Waals surface area contributed by atoms with Gasteiger partial charge in [-0.05, 0) is 102 Å². The van der Waals surface area contributed by atoms with E-state index in [0.717, 1.165) is 66.9 Å². The Balaban J connectivity index is 1.22. The SMILES string of the molecule is [C-]#[N+]c1cc(-n2c3ccc(-c4ccc5c6ccccc6n(-c6ccccc6)c5c4)cc3c3cc(N(c4ccccc4)c4ccccc4)ccc32)ccc1C#N. The van der Waals surface area contributed by atoms with Crippen molar-refractivity contribution < 1.29 is 0 Å². The molecule has 0 radical (unpaired) electrons. The maximum atomic E-state index is 9.71. The molecule has 55 heavy (non-hydrogen) atoms. The molecule has 256 valence electrons. The maximum absolute atomic E-state index is 9.71. The Kier molecular flexibility index (Phi) is 7.51. The lowest BCUT2D eigenvalue weighted by molar-refractivity contribution is 1.18. The predicted molar refractivity (Wildman–Crippen MR) is 226 cm³/mol. The van der Waals surface area contributed by atoms with Crippen molar-refractivity contribution in [2.24, 2.45) is 0 Å². The fraction of sp³-hybridized carbons (Fsp3) is 0. The number of aromatic nitrogens is 2. The number of benzene rings is 8. The molecule has 0 bridgehead atoms. The highest BCUT2D eigenvalue weighted by Gasteiger charge is 2.19. The van der Waals surface area contributed by atoms with Gasteiger partial charge in [0.15, 0.2) is 0 Å². The Morgan fingerprint density at radius 3 is 1.71 bits per heavy atom. The van der Waals surface area contributed by atoms with Gasteiger partial charge in [0.2, 0.25) is 5.69 Å². The van der Waals surface area contributed by atoms with E-state index >= 15 is 0 Å². The molecule has 5 nitrogen and oxygen atoms in total. The van der Waals surface area contributed by atoms with Crippen LogP contribution >= 0.6 is 0 Å². The number of para-hydroxylation sites is 4. The Hall–Kier alpha value is -7.86. The number of nitriles is 1. The second-order valence-electron chi connectivity index (χ2n) is 13.6. The average Bonchev–Trinajstić information content (AvgIpc) is 3.76. The molecule has 8 aromatic carbocycles. The van der Waals surface area contributed by atoms with E-state index in [4.69, 9.17) is 6.57 Å². The summed E-state index contributed by atoms with van der Waals surface area (Å²) in [5.74, 6) is 0. The smallest absolute Gasteiger partial charge is 0.206 e. The molecule has 2 aromatic heterocycles. The fourth-order valence-corrected chi connectivity index (χ4v) is 8.06. The molecule has 5 heteroatoms. The number of anilines is 3. The molecule has 0 aliphatic heterocycles. The molecule has 0 saturated heterocycles. The van der Waals surface area contributed by atoms with Crippen LogP contribution in [0.3, 0.4) is 0 Å². The lowest BCUT2D eigenvalue weighted by atomic mass is 10.0. The van der Waals surface area contributed by atoms with Gasteiger partial charge in [-0.1, -0.05) is 97.1 Å². The van der Waals surface area contributed by atoms with E-state index in [0.29, 0.717) is 11.3 Å². The van der Waals surface area contributed by atoms with E-state index in [1.165, 1.54) is 16.3 Å². The lowest BCUT2D eigenvalue weighted by Gasteiger charge is -2.25. The fourth-order valence-electron chi connectivity index (χ4n) is 8.06. The summed E-state index contributed by atoms with van der Waals surface area (Å²) in [5.41, 5.74) is 12.4. The minimum absolute atomic E-state index is 0.338. The van der Waals surface area contributed by atoms with Crippen LogP contribution < -0.4 is 4.90 Å². The minimum Gasteiger partial charge on any atom is -0.311 e. The van der Waals surface area contributed by atoms with Crippen LogP contribution in [0.4, 0.5) is 22.7 Å². The first-order valence-corrected chi connectivity index (χ1v) is 18.2. The molecule has 0 N–H and O–H groups in total. The van der Waals surface area contributed by atoms with E-state index in [1.54, 1.807) is 6.07 Å². The molecule has 10 aromatic rings. The van der Waals surface area contributed by atoms with Gasteiger partial charge in [-0.15, -0.1) is 0 Å². The first-order valence-electron chi connectivity index (χ1n) is 18.2. The molecule has 10 rings (SSSR count). The Morgan fingerprint density at radius 2 is 1.00 bits per heavy atom. The molecule has 0 aliphatic carbocycles. The first-order chi connectivity index (χ1) is 27.2. The van der Waals surface area contributed by atoms with Crippen LogP contribution in [0, 0.1) is 17.9 Å².